The maximum atomic E-state index is 5.72. The van der Waals surface area contributed by atoms with Gasteiger partial charge in [0.15, 0.2) is 0 Å². The molecule has 0 amide bonds. The van der Waals surface area contributed by atoms with Gasteiger partial charge in [-0.2, -0.15) is 0 Å². The van der Waals surface area contributed by atoms with E-state index in [-0.39, 0.29) is 0 Å². The maximum Gasteiger partial charge on any atom is 0.0381 e. The van der Waals surface area contributed by atoms with Gasteiger partial charge >= 0.3 is 0 Å². The molecule has 0 spiro atoms. The second-order valence-corrected chi connectivity index (χ2v) is 2.98. The van der Waals surface area contributed by atoms with Crippen molar-refractivity contribution < 1.29 is 0 Å². The van der Waals surface area contributed by atoms with E-state index in [1.165, 1.54) is 26.1 Å². The summed E-state index contributed by atoms with van der Waals surface area (Å²) in [5, 5.41) is 1.99. The van der Waals surface area contributed by atoms with Gasteiger partial charge in [0.2, 0.25) is 0 Å². The molecule has 3 nitrogen and oxygen atoms in total. The van der Waals surface area contributed by atoms with Crippen LogP contribution in [0.2, 0.25) is 0 Å². The maximum absolute atomic E-state index is 5.72. The lowest BCUT2D eigenvalue weighted by Crippen LogP contribution is -2.50. The fraction of sp³-hybridized carbons (Fsp3) is 1.00. The SMILES string of the molecule is NN1CCN2CC[C@H]1C2. The molecular formula is C6H13N3. The highest BCUT2D eigenvalue weighted by molar-refractivity contribution is 4.85. The molecule has 2 aliphatic heterocycles. The van der Waals surface area contributed by atoms with Crippen molar-refractivity contribution in [2.45, 2.75) is 12.5 Å². The standard InChI is InChI=1S/C6H13N3/c7-9-4-3-8-2-1-6(9)5-8/h6H,1-5,7H2/t6-/m0/s1. The summed E-state index contributed by atoms with van der Waals surface area (Å²) >= 11 is 0. The van der Waals surface area contributed by atoms with Crippen LogP contribution in [0.25, 0.3) is 0 Å². The zero-order chi connectivity index (χ0) is 6.27. The minimum atomic E-state index is 0.666. The molecule has 0 radical (unpaired) electrons. The van der Waals surface area contributed by atoms with E-state index in [1.807, 2.05) is 5.01 Å². The van der Waals surface area contributed by atoms with Crippen molar-refractivity contribution >= 4 is 0 Å². The first-order chi connectivity index (χ1) is 4.36. The summed E-state index contributed by atoms with van der Waals surface area (Å²) in [6.45, 7) is 4.70. The molecule has 2 heterocycles. The quantitative estimate of drug-likeness (QED) is 0.435. The monoisotopic (exact) mass is 127 g/mol. The summed E-state index contributed by atoms with van der Waals surface area (Å²) in [7, 11) is 0. The van der Waals surface area contributed by atoms with Crippen LogP contribution in [0.5, 0.6) is 0 Å². The Morgan fingerprint density at radius 1 is 1.22 bits per heavy atom. The first-order valence-electron chi connectivity index (χ1n) is 3.60. The zero-order valence-electron chi connectivity index (χ0n) is 5.58. The van der Waals surface area contributed by atoms with Crippen LogP contribution in [0, 0.1) is 0 Å². The summed E-state index contributed by atoms with van der Waals surface area (Å²) in [5.41, 5.74) is 0. The van der Waals surface area contributed by atoms with Crippen LogP contribution in [0.15, 0.2) is 0 Å². The number of piperazine rings is 1. The Morgan fingerprint density at radius 2 is 2.11 bits per heavy atom. The molecule has 0 aromatic carbocycles. The van der Waals surface area contributed by atoms with Crippen molar-refractivity contribution in [1.82, 2.24) is 9.91 Å². The summed E-state index contributed by atoms with van der Waals surface area (Å²) in [6, 6.07) is 0.666. The van der Waals surface area contributed by atoms with E-state index < -0.39 is 0 Å². The van der Waals surface area contributed by atoms with E-state index in [2.05, 4.69) is 4.90 Å². The number of nitrogens with zero attached hydrogens (tertiary/aromatic N) is 2. The van der Waals surface area contributed by atoms with Crippen LogP contribution in [0.3, 0.4) is 0 Å². The summed E-state index contributed by atoms with van der Waals surface area (Å²) in [4.78, 5) is 2.48. The van der Waals surface area contributed by atoms with Crippen molar-refractivity contribution in [3.05, 3.63) is 0 Å². The van der Waals surface area contributed by atoms with Crippen LogP contribution in [0.1, 0.15) is 6.42 Å². The Balaban J connectivity index is 2.05. The molecule has 52 valence electrons. The number of rotatable bonds is 0. The van der Waals surface area contributed by atoms with Gasteiger partial charge in [0.25, 0.3) is 0 Å². The molecule has 0 aromatic heterocycles. The van der Waals surface area contributed by atoms with Crippen molar-refractivity contribution in [3.8, 4) is 0 Å². The number of hydrazine groups is 1. The predicted molar refractivity (Wildman–Crippen MR) is 35.7 cm³/mol. The van der Waals surface area contributed by atoms with Crippen molar-refractivity contribution in [1.29, 1.82) is 0 Å². The fourth-order valence-electron chi connectivity index (χ4n) is 1.73. The summed E-state index contributed by atoms with van der Waals surface area (Å²) in [6.07, 6.45) is 1.27. The molecule has 2 N–H and O–H groups in total. The molecule has 3 heteroatoms. The highest BCUT2D eigenvalue weighted by Crippen LogP contribution is 2.16. The van der Waals surface area contributed by atoms with Crippen LogP contribution >= 0.6 is 0 Å². The topological polar surface area (TPSA) is 32.5 Å². The molecule has 2 fully saturated rings. The normalized spacial score (nSPS) is 43.7. The van der Waals surface area contributed by atoms with Gasteiger partial charge in [-0.1, -0.05) is 0 Å². The summed E-state index contributed by atoms with van der Waals surface area (Å²) < 4.78 is 0. The van der Waals surface area contributed by atoms with E-state index in [1.54, 1.807) is 0 Å². The number of nitrogens with two attached hydrogens (primary N) is 1. The van der Waals surface area contributed by atoms with Gasteiger partial charge in [0.1, 0.15) is 0 Å². The first kappa shape index (κ1) is 5.65. The molecule has 2 saturated heterocycles. The average molecular weight is 127 g/mol. The van der Waals surface area contributed by atoms with E-state index in [0.717, 1.165) is 6.54 Å². The van der Waals surface area contributed by atoms with Crippen molar-refractivity contribution in [2.75, 3.05) is 26.2 Å². The van der Waals surface area contributed by atoms with Crippen molar-refractivity contribution in [3.63, 3.8) is 0 Å². The molecule has 9 heavy (non-hydrogen) atoms. The number of fused-ring (bicyclic) bond motifs is 2. The molecule has 0 saturated carbocycles. The largest absolute Gasteiger partial charge is 0.300 e. The molecular weight excluding hydrogens is 114 g/mol. The number of hydrogen-bond donors (Lipinski definition) is 1. The highest BCUT2D eigenvalue weighted by atomic mass is 15.5. The van der Waals surface area contributed by atoms with E-state index >= 15 is 0 Å². The van der Waals surface area contributed by atoms with Crippen LogP contribution in [-0.2, 0) is 0 Å². The molecule has 2 rings (SSSR count). The Morgan fingerprint density at radius 3 is 2.89 bits per heavy atom. The molecule has 0 aromatic rings. The van der Waals surface area contributed by atoms with Gasteiger partial charge in [-0.05, 0) is 13.0 Å². The Hall–Kier alpha value is -0.120. The van der Waals surface area contributed by atoms with Gasteiger partial charge in [-0.15, -0.1) is 0 Å². The van der Waals surface area contributed by atoms with Crippen LogP contribution < -0.4 is 5.84 Å². The third-order valence-corrected chi connectivity index (χ3v) is 2.39. The number of hydrogen-bond acceptors (Lipinski definition) is 3. The van der Waals surface area contributed by atoms with Crippen LogP contribution in [-0.4, -0.2) is 42.1 Å². The van der Waals surface area contributed by atoms with Gasteiger partial charge in [-0.3, -0.25) is 5.84 Å². The lowest BCUT2D eigenvalue weighted by atomic mass is 10.2. The second-order valence-electron chi connectivity index (χ2n) is 2.98. The third kappa shape index (κ3) is 0.852. The molecule has 2 bridgehead atoms. The summed E-state index contributed by atoms with van der Waals surface area (Å²) in [5.74, 6) is 5.72. The van der Waals surface area contributed by atoms with Gasteiger partial charge in [0.05, 0.1) is 0 Å². The average Bonchev–Trinajstić information content (AvgIpc) is 2.25. The van der Waals surface area contributed by atoms with Gasteiger partial charge in [-0.25, -0.2) is 5.01 Å². The second kappa shape index (κ2) is 1.94. The Labute approximate surface area is 55.4 Å². The van der Waals surface area contributed by atoms with Crippen molar-refractivity contribution in [2.24, 2.45) is 5.84 Å². The van der Waals surface area contributed by atoms with E-state index in [9.17, 15) is 0 Å². The van der Waals surface area contributed by atoms with E-state index in [4.69, 9.17) is 5.84 Å². The minimum absolute atomic E-state index is 0.666. The Kier molecular flexibility index (Phi) is 1.22. The first-order valence-corrected chi connectivity index (χ1v) is 3.60. The third-order valence-electron chi connectivity index (χ3n) is 2.39. The lowest BCUT2D eigenvalue weighted by Gasteiger charge is -2.30. The molecule has 1 unspecified atom stereocenters. The smallest absolute Gasteiger partial charge is 0.0381 e. The van der Waals surface area contributed by atoms with Gasteiger partial charge in [0, 0.05) is 25.7 Å². The molecule has 2 atom stereocenters. The fourth-order valence-corrected chi connectivity index (χ4v) is 1.73. The Bertz CT molecular complexity index is 115. The van der Waals surface area contributed by atoms with Crippen LogP contribution in [0.4, 0.5) is 0 Å². The zero-order valence-corrected chi connectivity index (χ0v) is 5.58. The predicted octanol–water partition coefficient (Wildman–Crippen LogP) is -0.750. The highest BCUT2D eigenvalue weighted by Gasteiger charge is 2.30. The molecule has 2 aliphatic rings. The minimum Gasteiger partial charge on any atom is -0.300 e. The van der Waals surface area contributed by atoms with E-state index in [0.29, 0.717) is 6.04 Å². The lowest BCUT2D eigenvalue weighted by molar-refractivity contribution is 0.137. The molecule has 0 aliphatic carbocycles. The van der Waals surface area contributed by atoms with Gasteiger partial charge < -0.3 is 4.90 Å².